The van der Waals surface area contributed by atoms with E-state index in [9.17, 15) is 0 Å². The summed E-state index contributed by atoms with van der Waals surface area (Å²) in [7, 11) is 0. The maximum absolute atomic E-state index is 5.48. The predicted octanol–water partition coefficient (Wildman–Crippen LogP) is 12.2. The molecule has 11 rings (SSSR count). The van der Waals surface area contributed by atoms with Crippen LogP contribution in [0.1, 0.15) is 29.0 Å². The van der Waals surface area contributed by atoms with Gasteiger partial charge in [-0.25, -0.2) is 4.99 Å². The molecule has 4 heteroatoms. The van der Waals surface area contributed by atoms with Crippen molar-refractivity contribution in [2.45, 2.75) is 12.3 Å². The Morgan fingerprint density at radius 3 is 1.76 bits per heavy atom. The Labute approximate surface area is 319 Å². The molecule has 10 aromatic rings. The molecule has 2 atom stereocenters. The summed E-state index contributed by atoms with van der Waals surface area (Å²) >= 11 is 0. The van der Waals surface area contributed by atoms with Crippen LogP contribution < -0.4 is 10.6 Å². The third kappa shape index (κ3) is 5.22. The number of benzene rings is 9. The number of fused-ring (bicyclic) bond motifs is 7. The molecule has 260 valence electrons. The van der Waals surface area contributed by atoms with Gasteiger partial charge in [0.25, 0.3) is 0 Å². The van der Waals surface area contributed by atoms with Gasteiger partial charge in [0.15, 0.2) is 0 Å². The molecular formula is C51H36N4. The first-order valence-electron chi connectivity index (χ1n) is 19.0. The number of aromatic nitrogens is 1. The van der Waals surface area contributed by atoms with Crippen molar-refractivity contribution in [2.24, 2.45) is 4.99 Å². The van der Waals surface area contributed by atoms with Crippen LogP contribution in [0.4, 0.5) is 0 Å². The Balaban J connectivity index is 1.14. The standard InChI is InChI=1S/C51H36N4/c1-3-15-34(16-4-1)49-52-50(35-17-5-2-6-18-35)54-51(53-49)48-43-25-12-10-22-40(43)39-21-9-11-24-42(39)47(48)33-27-29-38(30-28-33)55-45-26-14-13-23-41(45)44-31-36-19-7-8-20-37(36)32-46(44)55/h1-32,49,51,53H,(H,52,54). The molecule has 0 amide bonds. The number of para-hydroxylation sites is 1. The summed E-state index contributed by atoms with van der Waals surface area (Å²) in [5.41, 5.74) is 9.27. The third-order valence-corrected chi connectivity index (χ3v) is 11.2. The third-order valence-electron chi connectivity index (χ3n) is 11.2. The Bertz CT molecular complexity index is 3090. The average Bonchev–Trinajstić information content (AvgIpc) is 3.58. The minimum absolute atomic E-state index is 0.147. The lowest BCUT2D eigenvalue weighted by Crippen LogP contribution is -2.45. The van der Waals surface area contributed by atoms with Gasteiger partial charge in [-0.2, -0.15) is 0 Å². The van der Waals surface area contributed by atoms with Gasteiger partial charge >= 0.3 is 0 Å². The lowest BCUT2D eigenvalue weighted by Gasteiger charge is -2.34. The van der Waals surface area contributed by atoms with E-state index < -0.39 is 0 Å². The summed E-state index contributed by atoms with van der Waals surface area (Å²) in [6.45, 7) is 0. The molecule has 2 N–H and O–H groups in total. The van der Waals surface area contributed by atoms with Gasteiger partial charge in [0, 0.05) is 27.6 Å². The first kappa shape index (κ1) is 31.5. The van der Waals surface area contributed by atoms with Crippen LogP contribution in [0.3, 0.4) is 0 Å². The Morgan fingerprint density at radius 2 is 1.02 bits per heavy atom. The zero-order chi connectivity index (χ0) is 36.3. The highest BCUT2D eigenvalue weighted by molar-refractivity contribution is 6.17. The zero-order valence-electron chi connectivity index (χ0n) is 30.0. The molecule has 1 aliphatic rings. The van der Waals surface area contributed by atoms with Crippen molar-refractivity contribution in [1.29, 1.82) is 0 Å². The fraction of sp³-hybridized carbons (Fsp3) is 0.0392. The number of nitrogens with zero attached hydrogens (tertiary/aromatic N) is 2. The monoisotopic (exact) mass is 704 g/mol. The van der Waals surface area contributed by atoms with Crippen LogP contribution in [0.15, 0.2) is 199 Å². The minimum atomic E-state index is -0.337. The summed E-state index contributed by atoms with van der Waals surface area (Å²) in [4.78, 5) is 5.48. The Morgan fingerprint density at radius 1 is 0.436 bits per heavy atom. The van der Waals surface area contributed by atoms with Gasteiger partial charge in [-0.3, -0.25) is 5.32 Å². The molecular weight excluding hydrogens is 669 g/mol. The van der Waals surface area contributed by atoms with Gasteiger partial charge in [0.05, 0.1) is 11.0 Å². The average molecular weight is 705 g/mol. The number of rotatable bonds is 5. The minimum Gasteiger partial charge on any atom is -0.350 e. The normalized spacial score (nSPS) is 15.8. The number of nitrogens with one attached hydrogen (secondary N) is 2. The lowest BCUT2D eigenvalue weighted by atomic mass is 9.86. The van der Waals surface area contributed by atoms with Crippen LogP contribution in [-0.2, 0) is 0 Å². The first-order valence-corrected chi connectivity index (χ1v) is 19.0. The summed E-state index contributed by atoms with van der Waals surface area (Å²) in [6.07, 6.45) is -0.484. The summed E-state index contributed by atoms with van der Waals surface area (Å²) in [6, 6.07) is 69.9. The smallest absolute Gasteiger partial charge is 0.131 e. The van der Waals surface area contributed by atoms with Crippen molar-refractivity contribution >= 4 is 60.0 Å². The van der Waals surface area contributed by atoms with E-state index in [1.54, 1.807) is 0 Å². The van der Waals surface area contributed by atoms with Crippen LogP contribution in [-0.4, -0.2) is 10.4 Å². The van der Waals surface area contributed by atoms with E-state index in [4.69, 9.17) is 4.99 Å². The van der Waals surface area contributed by atoms with Crippen molar-refractivity contribution in [3.63, 3.8) is 0 Å². The van der Waals surface area contributed by atoms with Gasteiger partial charge in [0.1, 0.15) is 18.2 Å². The molecule has 2 unspecified atom stereocenters. The molecule has 9 aromatic carbocycles. The van der Waals surface area contributed by atoms with Crippen LogP contribution in [0.25, 0.3) is 70.9 Å². The zero-order valence-corrected chi connectivity index (χ0v) is 30.0. The highest BCUT2D eigenvalue weighted by atomic mass is 15.3. The van der Waals surface area contributed by atoms with E-state index in [1.165, 1.54) is 65.3 Å². The summed E-state index contributed by atoms with van der Waals surface area (Å²) in [5.74, 6) is 0.871. The number of amidine groups is 1. The van der Waals surface area contributed by atoms with Gasteiger partial charge < -0.3 is 9.88 Å². The quantitative estimate of drug-likeness (QED) is 0.175. The van der Waals surface area contributed by atoms with E-state index in [0.717, 1.165) is 28.2 Å². The van der Waals surface area contributed by atoms with Crippen LogP contribution in [0.2, 0.25) is 0 Å². The SMILES string of the molecule is c1ccc(C2=NC(c3c(-c4ccc(-n5c6ccccc6c6cc7ccccc7cc65)cc4)c4ccccc4c4ccccc34)NC(c3ccccc3)N2)cc1. The topological polar surface area (TPSA) is 41.4 Å². The molecule has 0 saturated carbocycles. The van der Waals surface area contributed by atoms with Gasteiger partial charge in [0.2, 0.25) is 0 Å². The molecule has 0 fully saturated rings. The maximum atomic E-state index is 5.48. The van der Waals surface area contributed by atoms with E-state index in [2.05, 4.69) is 209 Å². The Kier molecular flexibility index (Phi) is 7.35. The fourth-order valence-electron chi connectivity index (χ4n) is 8.74. The van der Waals surface area contributed by atoms with Crippen molar-refractivity contribution < 1.29 is 0 Å². The summed E-state index contributed by atoms with van der Waals surface area (Å²) in [5, 5.41) is 17.5. The van der Waals surface area contributed by atoms with E-state index in [0.29, 0.717) is 0 Å². The number of hydrogen-bond donors (Lipinski definition) is 2. The molecule has 0 spiro atoms. The second-order valence-corrected chi connectivity index (χ2v) is 14.4. The van der Waals surface area contributed by atoms with Gasteiger partial charge in [-0.05, 0) is 79.3 Å². The first-order chi connectivity index (χ1) is 27.3. The predicted molar refractivity (Wildman–Crippen MR) is 230 cm³/mol. The second kappa shape index (κ2) is 12.8. The van der Waals surface area contributed by atoms with Crippen LogP contribution in [0, 0.1) is 0 Å². The fourth-order valence-corrected chi connectivity index (χ4v) is 8.74. The van der Waals surface area contributed by atoms with E-state index in [1.807, 2.05) is 0 Å². The van der Waals surface area contributed by atoms with Crippen molar-refractivity contribution in [3.8, 4) is 16.8 Å². The number of aliphatic imine (C=N–C) groups is 1. The molecule has 0 saturated heterocycles. The van der Waals surface area contributed by atoms with E-state index in [-0.39, 0.29) is 12.3 Å². The van der Waals surface area contributed by atoms with Crippen molar-refractivity contribution in [1.82, 2.24) is 15.2 Å². The molecule has 0 aliphatic carbocycles. The molecule has 1 aliphatic heterocycles. The molecule has 2 heterocycles. The molecule has 55 heavy (non-hydrogen) atoms. The van der Waals surface area contributed by atoms with Crippen LogP contribution in [0.5, 0.6) is 0 Å². The van der Waals surface area contributed by atoms with Gasteiger partial charge in [-0.15, -0.1) is 0 Å². The molecule has 0 radical (unpaired) electrons. The second-order valence-electron chi connectivity index (χ2n) is 14.4. The molecule has 1 aromatic heterocycles. The largest absolute Gasteiger partial charge is 0.350 e. The molecule has 0 bridgehead atoms. The highest BCUT2D eigenvalue weighted by Crippen LogP contribution is 2.44. The number of hydrogen-bond acceptors (Lipinski definition) is 3. The van der Waals surface area contributed by atoms with Crippen molar-refractivity contribution in [2.75, 3.05) is 0 Å². The Hall–Kier alpha value is -7.01. The lowest BCUT2D eigenvalue weighted by molar-refractivity contribution is 0.411. The van der Waals surface area contributed by atoms with Gasteiger partial charge in [-0.1, -0.05) is 164 Å². The molecule has 4 nitrogen and oxygen atoms in total. The van der Waals surface area contributed by atoms with E-state index >= 15 is 0 Å². The van der Waals surface area contributed by atoms with Crippen molar-refractivity contribution in [3.05, 3.63) is 211 Å². The van der Waals surface area contributed by atoms with Crippen LogP contribution >= 0.6 is 0 Å². The highest BCUT2D eigenvalue weighted by Gasteiger charge is 2.30. The maximum Gasteiger partial charge on any atom is 0.131 e. The summed E-state index contributed by atoms with van der Waals surface area (Å²) < 4.78 is 2.41.